The van der Waals surface area contributed by atoms with Crippen LogP contribution in [0.15, 0.2) is 121 Å². The molecule has 3 aliphatic heterocycles. The second kappa shape index (κ2) is 16.1. The molecular formula is C48H51N3O7Si. The fourth-order valence-corrected chi connectivity index (χ4v) is 13.9. The van der Waals surface area contributed by atoms with Crippen LogP contribution in [0.5, 0.6) is 11.5 Å². The number of aliphatic hydroxyl groups excluding tert-OH is 1. The Bertz CT molecular complexity index is 2340. The van der Waals surface area contributed by atoms with Crippen LogP contribution in [0.4, 0.5) is 17.1 Å². The van der Waals surface area contributed by atoms with Gasteiger partial charge in [0, 0.05) is 29.4 Å². The summed E-state index contributed by atoms with van der Waals surface area (Å²) < 4.78 is 18.6. The number of carbonyl (C=O) groups is 3. The molecule has 0 bridgehead atoms. The van der Waals surface area contributed by atoms with Crippen molar-refractivity contribution in [2.24, 2.45) is 5.92 Å². The zero-order valence-corrected chi connectivity index (χ0v) is 35.2. The number of methoxy groups -OCH3 is 2. The van der Waals surface area contributed by atoms with Crippen LogP contribution in [0.1, 0.15) is 35.6 Å². The number of carbonyl (C=O) groups excluding carboxylic acids is 3. The van der Waals surface area contributed by atoms with Gasteiger partial charge in [0.25, 0.3) is 5.91 Å². The predicted octanol–water partition coefficient (Wildman–Crippen LogP) is 7.10. The van der Waals surface area contributed by atoms with Crippen molar-refractivity contribution in [1.82, 2.24) is 4.90 Å². The number of amides is 3. The SMILES string of the molecule is COc1ccc([Si](C)(C)[C@H]2[C@H](CC(=O)N3Cc4ccccc4C[C@H]3CO)O[C@@]3(C(=O)N(Cc4ccc(N(C=O)c5ccccc5)cc4)c4ccc(OC)cc43)[C@@H]2C)cc1. The van der Waals surface area contributed by atoms with E-state index in [1.54, 1.807) is 28.9 Å². The second-order valence-electron chi connectivity index (χ2n) is 16.4. The summed E-state index contributed by atoms with van der Waals surface area (Å²) in [5.41, 5.74) is 4.43. The Morgan fingerprint density at radius 2 is 1.53 bits per heavy atom. The molecular weight excluding hydrogens is 759 g/mol. The molecule has 1 fully saturated rings. The lowest BCUT2D eigenvalue weighted by atomic mass is 9.82. The van der Waals surface area contributed by atoms with E-state index in [1.807, 2.05) is 103 Å². The van der Waals surface area contributed by atoms with Gasteiger partial charge in [-0.2, -0.15) is 0 Å². The first-order valence-corrected chi connectivity index (χ1v) is 23.3. The quantitative estimate of drug-likeness (QED) is 0.106. The maximum atomic E-state index is 15.4. The van der Waals surface area contributed by atoms with E-state index in [0.29, 0.717) is 24.4 Å². The monoisotopic (exact) mass is 809 g/mol. The largest absolute Gasteiger partial charge is 0.497 e. The number of para-hydroxylation sites is 1. The Balaban J connectivity index is 1.17. The van der Waals surface area contributed by atoms with Crippen molar-refractivity contribution in [2.45, 2.75) is 69.2 Å². The van der Waals surface area contributed by atoms with Crippen LogP contribution in [0.25, 0.3) is 0 Å². The highest BCUT2D eigenvalue weighted by Crippen LogP contribution is 2.60. The molecule has 3 amide bonds. The average Bonchev–Trinajstić information content (AvgIpc) is 3.69. The highest BCUT2D eigenvalue weighted by molar-refractivity contribution is 6.91. The molecule has 5 aromatic carbocycles. The van der Waals surface area contributed by atoms with Crippen LogP contribution < -0.4 is 24.5 Å². The third-order valence-corrected chi connectivity index (χ3v) is 17.4. The lowest BCUT2D eigenvalue weighted by Gasteiger charge is -2.39. The van der Waals surface area contributed by atoms with E-state index in [9.17, 15) is 14.7 Å². The average molecular weight is 810 g/mol. The highest BCUT2D eigenvalue weighted by Gasteiger charge is 2.66. The molecule has 11 heteroatoms. The molecule has 0 radical (unpaired) electrons. The zero-order valence-electron chi connectivity index (χ0n) is 34.2. The Hall–Kier alpha value is -5.75. The smallest absolute Gasteiger partial charge is 0.264 e. The molecule has 0 aromatic heterocycles. The number of aliphatic hydroxyl groups is 1. The van der Waals surface area contributed by atoms with Crippen molar-refractivity contribution in [3.05, 3.63) is 144 Å². The van der Waals surface area contributed by atoms with E-state index in [2.05, 4.69) is 38.2 Å². The number of ether oxygens (including phenoxy) is 3. The Morgan fingerprint density at radius 1 is 0.881 bits per heavy atom. The van der Waals surface area contributed by atoms with Gasteiger partial charge in [-0.15, -0.1) is 0 Å². The van der Waals surface area contributed by atoms with E-state index < -0.39 is 19.8 Å². The molecule has 1 spiro atoms. The number of hydrogen-bond acceptors (Lipinski definition) is 7. The molecule has 0 saturated carbocycles. The molecule has 59 heavy (non-hydrogen) atoms. The minimum absolute atomic E-state index is 0.0602. The second-order valence-corrected chi connectivity index (χ2v) is 21.1. The summed E-state index contributed by atoms with van der Waals surface area (Å²) in [5, 5.41) is 11.7. The number of anilines is 3. The van der Waals surface area contributed by atoms with Gasteiger partial charge in [0.2, 0.25) is 12.3 Å². The summed E-state index contributed by atoms with van der Waals surface area (Å²) in [5.74, 6) is 0.736. The van der Waals surface area contributed by atoms with Crippen LogP contribution in [0.2, 0.25) is 18.6 Å². The maximum Gasteiger partial charge on any atom is 0.264 e. The van der Waals surface area contributed by atoms with Gasteiger partial charge in [0.15, 0.2) is 5.60 Å². The van der Waals surface area contributed by atoms with Gasteiger partial charge in [-0.05, 0) is 83.2 Å². The molecule has 5 aromatic rings. The molecule has 0 aliphatic carbocycles. The third kappa shape index (κ3) is 7.00. The minimum Gasteiger partial charge on any atom is -0.497 e. The fraction of sp³-hybridized carbons (Fsp3) is 0.312. The number of rotatable bonds is 12. The van der Waals surface area contributed by atoms with Gasteiger partial charge in [-0.1, -0.05) is 91.9 Å². The molecule has 1 saturated heterocycles. The van der Waals surface area contributed by atoms with Crippen molar-refractivity contribution in [1.29, 1.82) is 0 Å². The summed E-state index contributed by atoms with van der Waals surface area (Å²) in [6.07, 6.45) is 0.821. The summed E-state index contributed by atoms with van der Waals surface area (Å²) >= 11 is 0. The molecule has 304 valence electrons. The highest BCUT2D eigenvalue weighted by atomic mass is 28.3. The van der Waals surface area contributed by atoms with Crippen LogP contribution in [-0.4, -0.2) is 69.3 Å². The van der Waals surface area contributed by atoms with E-state index >= 15 is 4.79 Å². The summed E-state index contributed by atoms with van der Waals surface area (Å²) in [7, 11) is 0.706. The van der Waals surface area contributed by atoms with Crippen molar-refractivity contribution < 1.29 is 33.7 Å². The molecule has 3 heterocycles. The maximum absolute atomic E-state index is 15.4. The van der Waals surface area contributed by atoms with Crippen molar-refractivity contribution in [3.63, 3.8) is 0 Å². The molecule has 5 atom stereocenters. The van der Waals surface area contributed by atoms with Crippen LogP contribution in [0.3, 0.4) is 0 Å². The molecule has 10 nitrogen and oxygen atoms in total. The lowest BCUT2D eigenvalue weighted by molar-refractivity contribution is -0.151. The van der Waals surface area contributed by atoms with Gasteiger partial charge in [0.1, 0.15) is 11.5 Å². The van der Waals surface area contributed by atoms with Gasteiger partial charge in [0.05, 0.1) is 59.7 Å². The third-order valence-electron chi connectivity index (χ3n) is 13.0. The van der Waals surface area contributed by atoms with E-state index in [-0.39, 0.29) is 48.9 Å². The fourth-order valence-electron chi connectivity index (χ4n) is 9.91. The normalized spacial score (nSPS) is 22.2. The first-order chi connectivity index (χ1) is 28.5. The van der Waals surface area contributed by atoms with Crippen LogP contribution >= 0.6 is 0 Å². The lowest BCUT2D eigenvalue weighted by Crippen LogP contribution is -2.52. The van der Waals surface area contributed by atoms with Gasteiger partial charge >= 0.3 is 0 Å². The minimum atomic E-state index is -2.55. The van der Waals surface area contributed by atoms with Crippen LogP contribution in [0, 0.1) is 5.92 Å². The summed E-state index contributed by atoms with van der Waals surface area (Å²) in [6, 6.07) is 38.7. The predicted molar refractivity (Wildman–Crippen MR) is 231 cm³/mol. The first kappa shape index (κ1) is 40.0. The first-order valence-electron chi connectivity index (χ1n) is 20.2. The van der Waals surface area contributed by atoms with Crippen molar-refractivity contribution >= 4 is 48.5 Å². The van der Waals surface area contributed by atoms with Crippen molar-refractivity contribution in [3.8, 4) is 11.5 Å². The molecule has 0 unspecified atom stereocenters. The zero-order chi connectivity index (χ0) is 41.5. The topological polar surface area (TPSA) is 109 Å². The van der Waals surface area contributed by atoms with E-state index in [1.165, 1.54) is 5.19 Å². The van der Waals surface area contributed by atoms with Gasteiger partial charge in [-0.3, -0.25) is 19.3 Å². The standard InChI is InChI=1S/C48H51N3O7Si/c1-32-46(59(4,5)41-22-19-39(56-2)20-23-41)44(27-45(54)49-29-35-12-10-9-11-34(35)25-38(49)30-52)58-48(32)42-26-40(57-3)21-24-43(42)50(47(48)55)28-33-15-17-37(18-16-33)51(31-53)36-13-7-6-8-14-36/h6-24,26,31-32,38,44,46,52H,25,27-30H2,1-5H3/t32-,38+,44+,46-,48+/m1/s1. The van der Waals surface area contributed by atoms with Crippen molar-refractivity contribution in [2.75, 3.05) is 30.6 Å². The number of hydrogen-bond donors (Lipinski definition) is 1. The van der Waals surface area contributed by atoms with Crippen LogP contribution in [-0.2, 0) is 44.2 Å². The van der Waals surface area contributed by atoms with Gasteiger partial charge in [-0.25, -0.2) is 0 Å². The van der Waals surface area contributed by atoms with E-state index in [0.717, 1.165) is 45.8 Å². The molecule has 1 N–H and O–H groups in total. The van der Waals surface area contributed by atoms with E-state index in [4.69, 9.17) is 14.2 Å². The molecule has 8 rings (SSSR count). The Kier molecular flexibility index (Phi) is 10.9. The number of benzene rings is 5. The molecule has 3 aliphatic rings. The Morgan fingerprint density at radius 3 is 2.19 bits per heavy atom. The number of fused-ring (bicyclic) bond motifs is 3. The Labute approximate surface area is 346 Å². The van der Waals surface area contributed by atoms with Gasteiger partial charge < -0.3 is 29.1 Å². The number of nitrogens with zero attached hydrogens (tertiary/aromatic N) is 3. The summed E-state index contributed by atoms with van der Waals surface area (Å²) in [6.45, 7) is 7.22. The summed E-state index contributed by atoms with van der Waals surface area (Å²) in [4.78, 5) is 47.4.